The van der Waals surface area contributed by atoms with Crippen LogP contribution in [0.5, 0.6) is 0 Å². The molecule has 56 heavy (non-hydrogen) atoms. The first-order valence-electron chi connectivity index (χ1n) is 19.2. The van der Waals surface area contributed by atoms with Gasteiger partial charge < -0.3 is 9.32 Å². The third-order valence-electron chi connectivity index (χ3n) is 11.2. The van der Waals surface area contributed by atoms with Crippen molar-refractivity contribution in [1.29, 1.82) is 0 Å². The predicted molar refractivity (Wildman–Crippen MR) is 237 cm³/mol. The second-order valence-corrected chi connectivity index (χ2v) is 14.5. The van der Waals surface area contributed by atoms with Gasteiger partial charge in [0.25, 0.3) is 0 Å². The summed E-state index contributed by atoms with van der Waals surface area (Å²) in [5, 5.41) is 9.73. The van der Waals surface area contributed by atoms with Crippen LogP contribution in [0.2, 0.25) is 0 Å². The Labute approximate surface area is 325 Å². The molecule has 0 unspecified atom stereocenters. The third kappa shape index (κ3) is 5.51. The molecular weight excluding hydrogens is 679 g/mol. The number of anilines is 3. The van der Waals surface area contributed by atoms with Gasteiger partial charge in [-0.1, -0.05) is 158 Å². The first-order chi connectivity index (χ1) is 27.7. The van der Waals surface area contributed by atoms with Crippen molar-refractivity contribution < 1.29 is 4.42 Å². The fourth-order valence-corrected chi connectivity index (χ4v) is 8.38. The van der Waals surface area contributed by atoms with E-state index >= 15 is 0 Å². The van der Waals surface area contributed by atoms with Crippen LogP contribution in [-0.4, -0.2) is 0 Å². The molecule has 2 heteroatoms. The molecule has 0 saturated carbocycles. The van der Waals surface area contributed by atoms with E-state index in [1.54, 1.807) is 0 Å². The van der Waals surface area contributed by atoms with E-state index in [4.69, 9.17) is 4.42 Å². The predicted octanol–water partition coefficient (Wildman–Crippen LogP) is 15.5. The van der Waals surface area contributed by atoms with Gasteiger partial charge in [0, 0.05) is 27.5 Å². The standard InChI is InChI=1S/C54H35NO/c1-2-10-41-33-42(22-21-36(41)9-1)40-25-30-46(31-26-40)55(52-35-44-11-3-4-12-47(44)48-13-5-6-14-49(48)52)45-28-23-38(24-29-45)37-17-19-39(20-18-37)43-27-32-54-51(34-43)50-15-7-8-16-53(50)56-54/h1-35H. The van der Waals surface area contributed by atoms with Gasteiger partial charge in [0.2, 0.25) is 0 Å². The maximum Gasteiger partial charge on any atom is 0.135 e. The Hall–Kier alpha value is -7.42. The van der Waals surface area contributed by atoms with Crippen molar-refractivity contribution in [3.63, 3.8) is 0 Å². The minimum absolute atomic E-state index is 0.915. The average Bonchev–Trinajstić information content (AvgIpc) is 3.65. The normalized spacial score (nSPS) is 11.6. The van der Waals surface area contributed by atoms with Crippen molar-refractivity contribution in [3.8, 4) is 33.4 Å². The molecule has 0 bridgehead atoms. The molecular formula is C54H35NO. The summed E-state index contributed by atoms with van der Waals surface area (Å²) in [5.41, 5.74) is 12.3. The minimum Gasteiger partial charge on any atom is -0.456 e. The fourth-order valence-electron chi connectivity index (χ4n) is 8.38. The number of hydrogen-bond donors (Lipinski definition) is 0. The van der Waals surface area contributed by atoms with Crippen LogP contribution in [0.25, 0.3) is 87.6 Å². The summed E-state index contributed by atoms with van der Waals surface area (Å²) in [7, 11) is 0. The van der Waals surface area contributed by atoms with Crippen LogP contribution in [0.1, 0.15) is 0 Å². The molecule has 0 saturated heterocycles. The summed E-state index contributed by atoms with van der Waals surface area (Å²) in [5.74, 6) is 0. The molecule has 0 atom stereocenters. The third-order valence-corrected chi connectivity index (χ3v) is 11.2. The Morgan fingerprint density at radius 3 is 1.43 bits per heavy atom. The van der Waals surface area contributed by atoms with Crippen molar-refractivity contribution in [2.45, 2.75) is 0 Å². The number of nitrogens with zero attached hydrogens (tertiary/aromatic N) is 1. The number of furan rings is 1. The molecule has 0 fully saturated rings. The maximum absolute atomic E-state index is 6.08. The summed E-state index contributed by atoms with van der Waals surface area (Å²) in [6.07, 6.45) is 0. The highest BCUT2D eigenvalue weighted by atomic mass is 16.3. The topological polar surface area (TPSA) is 16.4 Å². The lowest BCUT2D eigenvalue weighted by Gasteiger charge is -2.28. The summed E-state index contributed by atoms with van der Waals surface area (Å²) in [6.45, 7) is 0. The van der Waals surface area contributed by atoms with Gasteiger partial charge in [-0.15, -0.1) is 0 Å². The van der Waals surface area contributed by atoms with Gasteiger partial charge in [-0.25, -0.2) is 0 Å². The molecule has 262 valence electrons. The van der Waals surface area contributed by atoms with E-state index in [1.165, 1.54) is 65.7 Å². The van der Waals surface area contributed by atoms with E-state index in [0.717, 1.165) is 39.0 Å². The van der Waals surface area contributed by atoms with Crippen molar-refractivity contribution >= 4 is 71.3 Å². The van der Waals surface area contributed by atoms with E-state index in [2.05, 4.69) is 205 Å². The number of rotatable bonds is 6. The van der Waals surface area contributed by atoms with Gasteiger partial charge in [-0.3, -0.25) is 0 Å². The van der Waals surface area contributed by atoms with Crippen LogP contribution in [-0.2, 0) is 0 Å². The van der Waals surface area contributed by atoms with Crippen LogP contribution in [0, 0.1) is 0 Å². The number of hydrogen-bond acceptors (Lipinski definition) is 2. The highest BCUT2D eigenvalue weighted by Crippen LogP contribution is 2.43. The van der Waals surface area contributed by atoms with E-state index in [-0.39, 0.29) is 0 Å². The smallest absolute Gasteiger partial charge is 0.135 e. The summed E-state index contributed by atoms with van der Waals surface area (Å²) >= 11 is 0. The maximum atomic E-state index is 6.08. The van der Waals surface area contributed by atoms with Gasteiger partial charge in [-0.2, -0.15) is 0 Å². The summed E-state index contributed by atoms with van der Waals surface area (Å²) < 4.78 is 6.08. The van der Waals surface area contributed by atoms with E-state index < -0.39 is 0 Å². The van der Waals surface area contributed by atoms with Gasteiger partial charge in [-0.05, 0) is 115 Å². The molecule has 1 aromatic heterocycles. The van der Waals surface area contributed by atoms with Crippen molar-refractivity contribution in [2.24, 2.45) is 0 Å². The van der Waals surface area contributed by atoms with Crippen molar-refractivity contribution in [2.75, 3.05) is 4.90 Å². The van der Waals surface area contributed by atoms with Crippen LogP contribution < -0.4 is 4.90 Å². The monoisotopic (exact) mass is 713 g/mol. The quantitative estimate of drug-likeness (QED) is 0.160. The largest absolute Gasteiger partial charge is 0.456 e. The molecule has 11 rings (SSSR count). The molecule has 1 heterocycles. The SMILES string of the molecule is c1ccc2cc(-c3ccc(N(c4ccc(-c5ccc(-c6ccc7oc8ccccc8c7c6)cc5)cc4)c4cc5ccccc5c5ccccc45)cc3)ccc2c1. The van der Waals surface area contributed by atoms with Crippen LogP contribution >= 0.6 is 0 Å². The van der Waals surface area contributed by atoms with Crippen molar-refractivity contribution in [1.82, 2.24) is 0 Å². The molecule has 0 aliphatic carbocycles. The Bertz CT molecular complexity index is 3230. The molecule has 0 amide bonds. The average molecular weight is 714 g/mol. The molecule has 0 spiro atoms. The number of benzene rings is 10. The van der Waals surface area contributed by atoms with E-state index in [1.807, 2.05) is 12.1 Å². The number of fused-ring (bicyclic) bond motifs is 7. The second-order valence-electron chi connectivity index (χ2n) is 14.5. The van der Waals surface area contributed by atoms with Gasteiger partial charge in [0.05, 0.1) is 5.69 Å². The molecule has 10 aromatic carbocycles. The first kappa shape index (κ1) is 32.0. The molecule has 11 aromatic rings. The second kappa shape index (κ2) is 13.2. The minimum atomic E-state index is 0.915. The molecule has 0 aliphatic rings. The Morgan fingerprint density at radius 2 is 0.732 bits per heavy atom. The Kier molecular flexibility index (Phi) is 7.53. The molecule has 2 nitrogen and oxygen atoms in total. The van der Waals surface area contributed by atoms with E-state index in [0.29, 0.717) is 0 Å². The van der Waals surface area contributed by atoms with E-state index in [9.17, 15) is 0 Å². The van der Waals surface area contributed by atoms with Gasteiger partial charge in [0.15, 0.2) is 0 Å². The molecule has 0 N–H and O–H groups in total. The zero-order valence-corrected chi connectivity index (χ0v) is 30.6. The molecule has 0 aliphatic heterocycles. The van der Waals surface area contributed by atoms with Crippen molar-refractivity contribution in [3.05, 3.63) is 212 Å². The Balaban J connectivity index is 0.973. The summed E-state index contributed by atoms with van der Waals surface area (Å²) in [6, 6.07) is 76.7. The Morgan fingerprint density at radius 1 is 0.268 bits per heavy atom. The fraction of sp³-hybridized carbons (Fsp3) is 0. The zero-order chi connectivity index (χ0) is 37.0. The lowest BCUT2D eigenvalue weighted by molar-refractivity contribution is 0.669. The summed E-state index contributed by atoms with van der Waals surface area (Å²) in [4.78, 5) is 2.40. The zero-order valence-electron chi connectivity index (χ0n) is 30.6. The highest BCUT2D eigenvalue weighted by Gasteiger charge is 2.18. The van der Waals surface area contributed by atoms with Gasteiger partial charge >= 0.3 is 0 Å². The van der Waals surface area contributed by atoms with Crippen LogP contribution in [0.15, 0.2) is 217 Å². The lowest BCUT2D eigenvalue weighted by Crippen LogP contribution is -2.10. The van der Waals surface area contributed by atoms with Crippen LogP contribution in [0.4, 0.5) is 17.1 Å². The highest BCUT2D eigenvalue weighted by molar-refractivity contribution is 6.14. The van der Waals surface area contributed by atoms with Gasteiger partial charge in [0.1, 0.15) is 11.2 Å². The molecule has 0 radical (unpaired) electrons. The lowest BCUT2D eigenvalue weighted by atomic mass is 9.97. The van der Waals surface area contributed by atoms with Crippen LogP contribution in [0.3, 0.4) is 0 Å². The first-order valence-corrected chi connectivity index (χ1v) is 19.2. The number of para-hydroxylation sites is 1.